The minimum atomic E-state index is -3.44. The largest absolute Gasteiger partial charge is 0.326 e. The standard InChI is InChI=1S/C14H20N2O3S2/c1-20-10-7-14(17)15-12-5-4-6-13(11-12)21(18,19)16-8-2-3-9-16/h4-6,11H,2-3,7-10H2,1H3,(H,15,17). The minimum Gasteiger partial charge on any atom is -0.326 e. The normalized spacial score (nSPS) is 16.0. The molecule has 0 aliphatic carbocycles. The molecule has 0 unspecified atom stereocenters. The lowest BCUT2D eigenvalue weighted by atomic mass is 10.3. The summed E-state index contributed by atoms with van der Waals surface area (Å²) in [5.74, 6) is 0.650. The van der Waals surface area contributed by atoms with Gasteiger partial charge in [0.15, 0.2) is 0 Å². The van der Waals surface area contributed by atoms with E-state index in [1.165, 1.54) is 10.4 Å². The van der Waals surface area contributed by atoms with Gasteiger partial charge in [-0.25, -0.2) is 8.42 Å². The van der Waals surface area contributed by atoms with Crippen molar-refractivity contribution in [1.29, 1.82) is 0 Å². The average Bonchev–Trinajstić information content (AvgIpc) is 3.00. The molecule has 1 aliphatic rings. The van der Waals surface area contributed by atoms with Crippen LogP contribution in [-0.4, -0.2) is 43.7 Å². The van der Waals surface area contributed by atoms with Gasteiger partial charge in [0, 0.05) is 31.0 Å². The zero-order chi connectivity index (χ0) is 15.3. The van der Waals surface area contributed by atoms with Gasteiger partial charge in [0.2, 0.25) is 15.9 Å². The van der Waals surface area contributed by atoms with Gasteiger partial charge in [0.25, 0.3) is 0 Å². The lowest BCUT2D eigenvalue weighted by Gasteiger charge is -2.16. The van der Waals surface area contributed by atoms with Gasteiger partial charge < -0.3 is 5.32 Å². The van der Waals surface area contributed by atoms with E-state index < -0.39 is 10.0 Å². The van der Waals surface area contributed by atoms with Crippen LogP contribution >= 0.6 is 11.8 Å². The van der Waals surface area contributed by atoms with Crippen molar-refractivity contribution < 1.29 is 13.2 Å². The van der Waals surface area contributed by atoms with Gasteiger partial charge in [-0.2, -0.15) is 16.1 Å². The van der Waals surface area contributed by atoms with Gasteiger partial charge in [-0.1, -0.05) is 6.07 Å². The van der Waals surface area contributed by atoms with Crippen molar-refractivity contribution in [3.05, 3.63) is 24.3 Å². The lowest BCUT2D eigenvalue weighted by molar-refractivity contribution is -0.115. The van der Waals surface area contributed by atoms with Gasteiger partial charge in [-0.15, -0.1) is 0 Å². The molecule has 1 fully saturated rings. The molecule has 1 aliphatic heterocycles. The molecule has 0 radical (unpaired) electrons. The molecule has 116 valence electrons. The van der Waals surface area contributed by atoms with E-state index in [0.29, 0.717) is 25.2 Å². The zero-order valence-corrected chi connectivity index (χ0v) is 13.7. The first-order valence-electron chi connectivity index (χ1n) is 6.93. The molecule has 1 aromatic carbocycles. The average molecular weight is 328 g/mol. The number of rotatable bonds is 6. The van der Waals surface area contributed by atoms with E-state index in [9.17, 15) is 13.2 Å². The lowest BCUT2D eigenvalue weighted by Crippen LogP contribution is -2.27. The maximum absolute atomic E-state index is 12.5. The van der Waals surface area contributed by atoms with Crippen molar-refractivity contribution in [2.24, 2.45) is 0 Å². The summed E-state index contributed by atoms with van der Waals surface area (Å²) in [6.07, 6.45) is 4.18. The van der Waals surface area contributed by atoms with Crippen LogP contribution in [0.4, 0.5) is 5.69 Å². The number of carbonyl (C=O) groups excluding carboxylic acids is 1. The van der Waals surface area contributed by atoms with E-state index in [2.05, 4.69) is 5.32 Å². The Bertz CT molecular complexity index is 596. The molecular formula is C14H20N2O3S2. The van der Waals surface area contributed by atoms with Crippen LogP contribution in [0.1, 0.15) is 19.3 Å². The Hall–Kier alpha value is -1.05. The third-order valence-electron chi connectivity index (χ3n) is 3.35. The van der Waals surface area contributed by atoms with E-state index in [-0.39, 0.29) is 10.8 Å². The quantitative estimate of drug-likeness (QED) is 0.869. The van der Waals surface area contributed by atoms with Crippen LogP contribution in [0.25, 0.3) is 0 Å². The number of nitrogens with one attached hydrogen (secondary N) is 1. The topological polar surface area (TPSA) is 66.5 Å². The summed E-state index contributed by atoms with van der Waals surface area (Å²) in [6.45, 7) is 1.15. The number of hydrogen-bond acceptors (Lipinski definition) is 4. The van der Waals surface area contributed by atoms with Gasteiger partial charge in [-0.3, -0.25) is 4.79 Å². The second kappa shape index (κ2) is 7.29. The van der Waals surface area contributed by atoms with E-state index in [1.807, 2.05) is 6.26 Å². The van der Waals surface area contributed by atoms with Gasteiger partial charge >= 0.3 is 0 Å². The number of sulfonamides is 1. The number of hydrogen-bond donors (Lipinski definition) is 1. The van der Waals surface area contributed by atoms with Crippen LogP contribution in [0.2, 0.25) is 0 Å². The first-order chi connectivity index (χ1) is 10.0. The first kappa shape index (κ1) is 16.3. The Kier molecular flexibility index (Phi) is 5.66. The maximum atomic E-state index is 12.5. The van der Waals surface area contributed by atoms with Crippen molar-refractivity contribution in [2.75, 3.05) is 30.4 Å². The summed E-state index contributed by atoms with van der Waals surface area (Å²) in [5, 5.41) is 2.74. The van der Waals surface area contributed by atoms with Crippen molar-refractivity contribution in [1.82, 2.24) is 4.31 Å². The van der Waals surface area contributed by atoms with Crippen LogP contribution in [0.3, 0.4) is 0 Å². The van der Waals surface area contributed by atoms with Crippen molar-refractivity contribution in [3.63, 3.8) is 0 Å². The van der Waals surface area contributed by atoms with Gasteiger partial charge in [0.05, 0.1) is 4.90 Å². The summed E-state index contributed by atoms with van der Waals surface area (Å²) in [5.41, 5.74) is 0.529. The minimum absolute atomic E-state index is 0.0972. The van der Waals surface area contributed by atoms with Crippen molar-refractivity contribution in [3.8, 4) is 0 Å². The first-order valence-corrected chi connectivity index (χ1v) is 9.76. The molecule has 1 heterocycles. The zero-order valence-electron chi connectivity index (χ0n) is 12.0. The summed E-state index contributed by atoms with van der Waals surface area (Å²) in [4.78, 5) is 11.9. The SMILES string of the molecule is CSCCC(=O)Nc1cccc(S(=O)(=O)N2CCCC2)c1. The molecule has 0 aromatic heterocycles. The highest BCUT2D eigenvalue weighted by molar-refractivity contribution is 7.98. The fourth-order valence-corrected chi connectivity index (χ4v) is 4.18. The van der Waals surface area contributed by atoms with E-state index >= 15 is 0 Å². The van der Waals surface area contributed by atoms with Crippen molar-refractivity contribution >= 4 is 33.4 Å². The van der Waals surface area contributed by atoms with E-state index in [0.717, 1.165) is 18.6 Å². The van der Waals surface area contributed by atoms with Crippen molar-refractivity contribution in [2.45, 2.75) is 24.2 Å². The summed E-state index contributed by atoms with van der Waals surface area (Å²) in [7, 11) is -3.44. The fourth-order valence-electron chi connectivity index (χ4n) is 2.23. The van der Waals surface area contributed by atoms with Crippen LogP contribution in [0, 0.1) is 0 Å². The summed E-state index contributed by atoms with van der Waals surface area (Å²) in [6, 6.07) is 6.48. The number of benzene rings is 1. The molecule has 5 nitrogen and oxygen atoms in total. The Morgan fingerprint density at radius 3 is 2.71 bits per heavy atom. The Morgan fingerprint density at radius 1 is 1.33 bits per heavy atom. The molecule has 1 aromatic rings. The van der Waals surface area contributed by atoms with Gasteiger partial charge in [0.1, 0.15) is 0 Å². The Balaban J connectivity index is 2.12. The Labute approximate surface area is 130 Å². The number of carbonyl (C=O) groups is 1. The number of thioether (sulfide) groups is 1. The second-order valence-corrected chi connectivity index (χ2v) is 7.85. The summed E-state index contributed by atoms with van der Waals surface area (Å²) < 4.78 is 26.4. The Morgan fingerprint density at radius 2 is 2.05 bits per heavy atom. The van der Waals surface area contributed by atoms with Gasteiger partial charge in [-0.05, 0) is 37.3 Å². The molecule has 1 amide bonds. The molecule has 0 atom stereocenters. The van der Waals surface area contributed by atoms with E-state index in [4.69, 9.17) is 0 Å². The molecule has 2 rings (SSSR count). The molecule has 0 spiro atoms. The molecular weight excluding hydrogens is 308 g/mol. The summed E-state index contributed by atoms with van der Waals surface area (Å²) >= 11 is 1.60. The van der Waals surface area contributed by atoms with Crippen LogP contribution < -0.4 is 5.32 Å². The van der Waals surface area contributed by atoms with Crippen LogP contribution in [0.15, 0.2) is 29.2 Å². The predicted molar refractivity (Wildman–Crippen MR) is 86.1 cm³/mol. The molecule has 1 saturated heterocycles. The monoisotopic (exact) mass is 328 g/mol. The molecule has 0 saturated carbocycles. The highest BCUT2D eigenvalue weighted by atomic mass is 32.2. The molecule has 7 heteroatoms. The smallest absolute Gasteiger partial charge is 0.243 e. The fraction of sp³-hybridized carbons (Fsp3) is 0.500. The third kappa shape index (κ3) is 4.21. The van der Waals surface area contributed by atoms with Crippen LogP contribution in [-0.2, 0) is 14.8 Å². The number of nitrogens with zero attached hydrogens (tertiary/aromatic N) is 1. The second-order valence-electron chi connectivity index (χ2n) is 4.93. The number of anilines is 1. The van der Waals surface area contributed by atoms with E-state index in [1.54, 1.807) is 30.0 Å². The molecule has 0 bridgehead atoms. The van der Waals surface area contributed by atoms with Crippen LogP contribution in [0.5, 0.6) is 0 Å². The maximum Gasteiger partial charge on any atom is 0.243 e. The highest BCUT2D eigenvalue weighted by Gasteiger charge is 2.27. The molecule has 21 heavy (non-hydrogen) atoms. The highest BCUT2D eigenvalue weighted by Crippen LogP contribution is 2.23. The number of amides is 1. The third-order valence-corrected chi connectivity index (χ3v) is 5.86. The molecule has 1 N–H and O–H groups in total. The predicted octanol–water partition coefficient (Wildman–Crippen LogP) is 2.16.